The molecular formula is C22H21N5O3. The van der Waals surface area contributed by atoms with Gasteiger partial charge in [0.2, 0.25) is 17.7 Å². The Bertz CT molecular complexity index is 1220. The minimum Gasteiger partial charge on any atom is -0.421 e. The van der Waals surface area contributed by atoms with Gasteiger partial charge in [-0.2, -0.15) is 0 Å². The monoisotopic (exact) mass is 403 g/mol. The number of aromatic amines is 1. The fraction of sp³-hybridized carbons (Fsp3) is 0.227. The predicted molar refractivity (Wildman–Crippen MR) is 112 cm³/mol. The highest BCUT2D eigenvalue weighted by molar-refractivity contribution is 5.78. The Morgan fingerprint density at radius 2 is 1.83 bits per heavy atom. The van der Waals surface area contributed by atoms with Crippen molar-refractivity contribution in [3.63, 3.8) is 0 Å². The van der Waals surface area contributed by atoms with E-state index in [1.165, 1.54) is 0 Å². The van der Waals surface area contributed by atoms with E-state index in [1.54, 1.807) is 23.1 Å². The molecule has 2 aromatic carbocycles. The maximum atomic E-state index is 12.7. The third-order valence-electron chi connectivity index (χ3n) is 4.78. The number of hydrogen-bond acceptors (Lipinski definition) is 6. The van der Waals surface area contributed by atoms with Gasteiger partial charge in [0.25, 0.3) is 5.56 Å². The molecule has 1 N–H and O–H groups in total. The van der Waals surface area contributed by atoms with Crippen LogP contribution in [-0.4, -0.2) is 37.5 Å². The first-order chi connectivity index (χ1) is 14.6. The molecule has 0 bridgehead atoms. The van der Waals surface area contributed by atoms with Crippen LogP contribution in [0.3, 0.4) is 0 Å². The Labute approximate surface area is 172 Å². The van der Waals surface area contributed by atoms with Gasteiger partial charge >= 0.3 is 0 Å². The Hall–Kier alpha value is -3.81. The molecule has 0 aliphatic carbocycles. The topological polar surface area (TPSA) is 105 Å². The molecule has 0 spiro atoms. The van der Waals surface area contributed by atoms with E-state index < -0.39 is 0 Å². The molecule has 0 aliphatic rings. The van der Waals surface area contributed by atoms with Crippen molar-refractivity contribution >= 4 is 16.8 Å². The van der Waals surface area contributed by atoms with E-state index in [0.717, 1.165) is 5.56 Å². The van der Waals surface area contributed by atoms with Gasteiger partial charge in [-0.05, 0) is 31.2 Å². The number of para-hydroxylation sites is 1. The number of aryl methyl sites for hydroxylation is 1. The van der Waals surface area contributed by atoms with E-state index in [9.17, 15) is 9.59 Å². The smallest absolute Gasteiger partial charge is 0.258 e. The van der Waals surface area contributed by atoms with Gasteiger partial charge in [-0.3, -0.25) is 9.59 Å². The van der Waals surface area contributed by atoms with Gasteiger partial charge in [-0.15, -0.1) is 10.2 Å². The van der Waals surface area contributed by atoms with Gasteiger partial charge < -0.3 is 14.3 Å². The number of hydrogen-bond donors (Lipinski definition) is 1. The second kappa shape index (κ2) is 8.69. The number of nitrogens with zero attached hydrogens (tertiary/aromatic N) is 4. The summed E-state index contributed by atoms with van der Waals surface area (Å²) in [6.45, 7) is 2.61. The number of carbonyl (C=O) groups excluding carboxylic acids is 1. The highest BCUT2D eigenvalue weighted by atomic mass is 16.4. The second-order valence-corrected chi connectivity index (χ2v) is 6.80. The number of aromatic nitrogens is 4. The summed E-state index contributed by atoms with van der Waals surface area (Å²) in [5.41, 5.74) is 1.24. The van der Waals surface area contributed by atoms with Crippen LogP contribution >= 0.6 is 0 Å². The lowest BCUT2D eigenvalue weighted by atomic mass is 10.2. The normalized spacial score (nSPS) is 11.0. The lowest BCUT2D eigenvalue weighted by Gasteiger charge is -2.20. The molecule has 8 heteroatoms. The molecule has 30 heavy (non-hydrogen) atoms. The zero-order valence-corrected chi connectivity index (χ0v) is 16.5. The molecule has 2 aromatic heterocycles. The van der Waals surface area contributed by atoms with E-state index in [1.807, 2.05) is 43.3 Å². The Morgan fingerprint density at radius 1 is 1.07 bits per heavy atom. The number of amides is 1. The molecule has 0 saturated carbocycles. The highest BCUT2D eigenvalue weighted by Crippen LogP contribution is 2.17. The number of nitrogens with one attached hydrogen (secondary N) is 1. The molecule has 4 aromatic rings. The number of H-pyrrole nitrogens is 1. The first kappa shape index (κ1) is 19.5. The zero-order valence-electron chi connectivity index (χ0n) is 16.5. The standard InChI is InChI=1S/C22H21N5O3/c1-2-27(14-18-23-17-11-7-6-10-16(17)21(29)24-18)20(28)13-12-19-25-26-22(30-19)15-8-4-3-5-9-15/h3-11H,2,12-14H2,1H3,(H,23,24,29). The van der Waals surface area contributed by atoms with E-state index in [0.29, 0.717) is 41.5 Å². The van der Waals surface area contributed by atoms with Crippen molar-refractivity contribution in [2.45, 2.75) is 26.3 Å². The van der Waals surface area contributed by atoms with Crippen molar-refractivity contribution in [2.75, 3.05) is 6.54 Å². The largest absolute Gasteiger partial charge is 0.421 e. The maximum absolute atomic E-state index is 12.7. The summed E-state index contributed by atoms with van der Waals surface area (Å²) in [5, 5.41) is 8.61. The fourth-order valence-corrected chi connectivity index (χ4v) is 3.19. The fourth-order valence-electron chi connectivity index (χ4n) is 3.19. The Morgan fingerprint density at radius 3 is 2.63 bits per heavy atom. The minimum atomic E-state index is -0.210. The molecule has 0 saturated heterocycles. The Kier molecular flexibility index (Phi) is 5.65. The van der Waals surface area contributed by atoms with Gasteiger partial charge in [0, 0.05) is 24.9 Å². The molecule has 4 rings (SSSR count). The maximum Gasteiger partial charge on any atom is 0.258 e. The van der Waals surface area contributed by atoms with Gasteiger partial charge in [0.05, 0.1) is 17.4 Å². The van der Waals surface area contributed by atoms with Gasteiger partial charge in [-0.25, -0.2) is 4.98 Å². The van der Waals surface area contributed by atoms with Crippen LogP contribution in [-0.2, 0) is 17.8 Å². The number of carbonyl (C=O) groups is 1. The van der Waals surface area contributed by atoms with E-state index >= 15 is 0 Å². The SMILES string of the molecule is CCN(Cc1nc2ccccc2c(=O)[nH]1)C(=O)CCc1nnc(-c2ccccc2)o1. The minimum absolute atomic E-state index is 0.0761. The van der Waals surface area contributed by atoms with Crippen molar-refractivity contribution in [1.29, 1.82) is 0 Å². The van der Waals surface area contributed by atoms with E-state index in [4.69, 9.17) is 4.42 Å². The average molecular weight is 403 g/mol. The molecule has 2 heterocycles. The predicted octanol–water partition coefficient (Wildman–Crippen LogP) is 2.95. The third-order valence-corrected chi connectivity index (χ3v) is 4.78. The number of benzene rings is 2. The van der Waals surface area contributed by atoms with Crippen molar-refractivity contribution in [3.8, 4) is 11.5 Å². The summed E-state index contributed by atoms with van der Waals surface area (Å²) >= 11 is 0. The first-order valence-corrected chi connectivity index (χ1v) is 9.77. The van der Waals surface area contributed by atoms with Crippen LogP contribution in [0.1, 0.15) is 25.1 Å². The molecule has 0 unspecified atom stereocenters. The molecule has 0 atom stereocenters. The van der Waals surface area contributed by atoms with Crippen LogP contribution in [0, 0.1) is 0 Å². The van der Waals surface area contributed by atoms with Gasteiger partial charge in [0.1, 0.15) is 5.82 Å². The summed E-state index contributed by atoms with van der Waals surface area (Å²) in [6.07, 6.45) is 0.568. The van der Waals surface area contributed by atoms with Crippen molar-refractivity contribution in [1.82, 2.24) is 25.1 Å². The summed E-state index contributed by atoms with van der Waals surface area (Å²) in [7, 11) is 0. The lowest BCUT2D eigenvalue weighted by molar-refractivity contribution is -0.131. The van der Waals surface area contributed by atoms with Crippen molar-refractivity contribution in [3.05, 3.63) is 76.7 Å². The summed E-state index contributed by atoms with van der Waals surface area (Å²) < 4.78 is 5.66. The Balaban J connectivity index is 1.41. The van der Waals surface area contributed by atoms with Gasteiger partial charge in [0.15, 0.2) is 0 Å². The van der Waals surface area contributed by atoms with Crippen molar-refractivity contribution in [2.24, 2.45) is 0 Å². The van der Waals surface area contributed by atoms with Crippen LogP contribution in [0.4, 0.5) is 0 Å². The summed E-state index contributed by atoms with van der Waals surface area (Å²) in [5.74, 6) is 1.23. The second-order valence-electron chi connectivity index (χ2n) is 6.80. The zero-order chi connectivity index (χ0) is 20.9. The first-order valence-electron chi connectivity index (χ1n) is 9.77. The number of rotatable bonds is 7. The summed E-state index contributed by atoms with van der Waals surface area (Å²) in [6, 6.07) is 16.6. The lowest BCUT2D eigenvalue weighted by Crippen LogP contribution is -2.32. The molecule has 1 amide bonds. The molecule has 0 radical (unpaired) electrons. The molecular weight excluding hydrogens is 382 g/mol. The molecule has 0 aliphatic heterocycles. The van der Waals surface area contributed by atoms with E-state index in [-0.39, 0.29) is 24.4 Å². The van der Waals surface area contributed by atoms with Crippen LogP contribution in [0.5, 0.6) is 0 Å². The van der Waals surface area contributed by atoms with Crippen LogP contribution in [0.15, 0.2) is 63.8 Å². The van der Waals surface area contributed by atoms with E-state index in [2.05, 4.69) is 20.2 Å². The average Bonchev–Trinajstić information content (AvgIpc) is 3.25. The van der Waals surface area contributed by atoms with Gasteiger partial charge in [-0.1, -0.05) is 30.3 Å². The van der Waals surface area contributed by atoms with Crippen molar-refractivity contribution < 1.29 is 9.21 Å². The number of fused-ring (bicyclic) bond motifs is 1. The van der Waals surface area contributed by atoms with Crippen LogP contribution in [0.25, 0.3) is 22.4 Å². The third kappa shape index (κ3) is 4.27. The molecule has 152 valence electrons. The molecule has 0 fully saturated rings. The van der Waals surface area contributed by atoms with Crippen LogP contribution < -0.4 is 5.56 Å². The molecule has 8 nitrogen and oxygen atoms in total. The van der Waals surface area contributed by atoms with Crippen LogP contribution in [0.2, 0.25) is 0 Å². The summed E-state index contributed by atoms with van der Waals surface area (Å²) in [4.78, 5) is 33.8. The quantitative estimate of drug-likeness (QED) is 0.509. The highest BCUT2D eigenvalue weighted by Gasteiger charge is 2.16.